The first-order valence-corrected chi connectivity index (χ1v) is 7.50. The number of nitrogens with zero attached hydrogens (tertiary/aromatic N) is 3. The van der Waals surface area contributed by atoms with E-state index in [0.29, 0.717) is 0 Å². The van der Waals surface area contributed by atoms with Crippen molar-refractivity contribution >= 4 is 11.4 Å². The monoisotopic (exact) mass is 272 g/mol. The van der Waals surface area contributed by atoms with E-state index in [2.05, 4.69) is 52.5 Å². The number of allylic oxidation sites excluding steroid dienone is 4. The molecular weight excluding hydrogens is 248 g/mol. The van der Waals surface area contributed by atoms with Crippen LogP contribution in [0.25, 0.3) is 5.57 Å². The maximum atomic E-state index is 4.29. The second-order valence-electron chi connectivity index (χ2n) is 4.90. The average Bonchev–Trinajstić information content (AvgIpc) is 2.53. The lowest BCUT2D eigenvalue weighted by molar-refractivity contribution is 0.316. The summed E-state index contributed by atoms with van der Waals surface area (Å²) < 4.78 is 0. The predicted octanol–water partition coefficient (Wildman–Crippen LogP) is 2.96. The number of aromatic nitrogens is 2. The molecule has 0 saturated heterocycles. The molecule has 108 valence electrons. The molecule has 1 aliphatic carbocycles. The van der Waals surface area contributed by atoms with Gasteiger partial charge in [0.2, 0.25) is 0 Å². The maximum absolute atomic E-state index is 4.29. The van der Waals surface area contributed by atoms with Crippen LogP contribution in [0.2, 0.25) is 0 Å². The quantitative estimate of drug-likeness (QED) is 0.828. The number of hydrogen-bond donors (Lipinski definition) is 1. The Balaban J connectivity index is 1.85. The van der Waals surface area contributed by atoms with Crippen LogP contribution < -0.4 is 5.32 Å². The summed E-state index contributed by atoms with van der Waals surface area (Å²) in [4.78, 5) is 2.38. The molecule has 20 heavy (non-hydrogen) atoms. The second kappa shape index (κ2) is 7.80. The summed E-state index contributed by atoms with van der Waals surface area (Å²) in [6, 6.07) is 4.04. The summed E-state index contributed by atoms with van der Waals surface area (Å²) in [6.07, 6.45) is 8.76. The first-order chi connectivity index (χ1) is 9.83. The molecule has 1 aromatic rings. The zero-order valence-corrected chi connectivity index (χ0v) is 12.5. The normalized spacial score (nSPS) is 14.4. The molecule has 4 nitrogen and oxygen atoms in total. The fraction of sp³-hybridized carbons (Fsp3) is 0.500. The Morgan fingerprint density at radius 1 is 1.15 bits per heavy atom. The molecule has 0 spiro atoms. The van der Waals surface area contributed by atoms with E-state index < -0.39 is 0 Å². The Kier molecular flexibility index (Phi) is 5.74. The molecule has 0 amide bonds. The molecule has 0 bridgehead atoms. The van der Waals surface area contributed by atoms with Crippen molar-refractivity contribution in [3.05, 3.63) is 36.1 Å². The van der Waals surface area contributed by atoms with Gasteiger partial charge in [0.25, 0.3) is 0 Å². The molecule has 2 rings (SSSR count). The van der Waals surface area contributed by atoms with Gasteiger partial charge in [0.1, 0.15) is 5.82 Å². The smallest absolute Gasteiger partial charge is 0.148 e. The summed E-state index contributed by atoms with van der Waals surface area (Å²) in [5.74, 6) is 0.848. The Morgan fingerprint density at radius 3 is 2.60 bits per heavy atom. The highest BCUT2D eigenvalue weighted by molar-refractivity contribution is 5.72. The van der Waals surface area contributed by atoms with E-state index in [1.165, 1.54) is 5.57 Å². The minimum atomic E-state index is 0.848. The van der Waals surface area contributed by atoms with E-state index in [1.807, 2.05) is 12.1 Å². The molecule has 0 fully saturated rings. The molecule has 4 heteroatoms. The topological polar surface area (TPSA) is 41.0 Å². The van der Waals surface area contributed by atoms with E-state index >= 15 is 0 Å². The molecule has 1 aromatic heterocycles. The van der Waals surface area contributed by atoms with Crippen LogP contribution in [-0.4, -0.2) is 41.3 Å². The lowest BCUT2D eigenvalue weighted by atomic mass is 10.0. The number of hydrogen-bond acceptors (Lipinski definition) is 4. The minimum absolute atomic E-state index is 0.848. The fourth-order valence-corrected chi connectivity index (χ4v) is 2.27. The molecule has 0 aliphatic heterocycles. The van der Waals surface area contributed by atoms with Gasteiger partial charge in [-0.25, -0.2) is 0 Å². The van der Waals surface area contributed by atoms with Crippen LogP contribution >= 0.6 is 0 Å². The Hall–Kier alpha value is -1.68. The fourth-order valence-electron chi connectivity index (χ4n) is 2.27. The van der Waals surface area contributed by atoms with Crippen LogP contribution in [0.3, 0.4) is 0 Å². The molecule has 1 heterocycles. The highest BCUT2D eigenvalue weighted by Gasteiger charge is 2.04. The van der Waals surface area contributed by atoms with Crippen LogP contribution in [0, 0.1) is 0 Å². The third kappa shape index (κ3) is 4.17. The van der Waals surface area contributed by atoms with Crippen molar-refractivity contribution in [2.45, 2.75) is 26.7 Å². The molecule has 1 N–H and O–H groups in total. The molecule has 0 radical (unpaired) electrons. The van der Waals surface area contributed by atoms with Gasteiger partial charge in [-0.1, -0.05) is 32.1 Å². The standard InChI is InChI=1S/C16H24N4/c1-3-20(4-2)13-12-17-16-11-10-15(18-19-16)14-8-6-5-7-9-14/h6,8-11H,3-5,7,12-13H2,1-2H3,(H,17,19). The minimum Gasteiger partial charge on any atom is -0.367 e. The van der Waals surface area contributed by atoms with Crippen LogP contribution in [0.5, 0.6) is 0 Å². The maximum Gasteiger partial charge on any atom is 0.148 e. The average molecular weight is 272 g/mol. The molecule has 1 aliphatic rings. The van der Waals surface area contributed by atoms with Gasteiger partial charge in [0.15, 0.2) is 0 Å². The van der Waals surface area contributed by atoms with Crippen molar-refractivity contribution < 1.29 is 0 Å². The van der Waals surface area contributed by atoms with Crippen LogP contribution in [-0.2, 0) is 0 Å². The SMILES string of the molecule is CCN(CC)CCNc1ccc(C2=CCCC=C2)nn1. The van der Waals surface area contributed by atoms with Gasteiger partial charge < -0.3 is 10.2 Å². The zero-order valence-electron chi connectivity index (χ0n) is 12.5. The van der Waals surface area contributed by atoms with E-state index in [1.54, 1.807) is 0 Å². The number of anilines is 1. The summed E-state index contributed by atoms with van der Waals surface area (Å²) in [5, 5.41) is 11.9. The zero-order chi connectivity index (χ0) is 14.2. The third-order valence-corrected chi connectivity index (χ3v) is 3.58. The molecular formula is C16H24N4. The third-order valence-electron chi connectivity index (χ3n) is 3.58. The van der Waals surface area contributed by atoms with Gasteiger partial charge in [-0.2, -0.15) is 0 Å². The second-order valence-corrected chi connectivity index (χ2v) is 4.90. The molecule has 0 aromatic carbocycles. The van der Waals surface area contributed by atoms with Gasteiger partial charge in [-0.15, -0.1) is 10.2 Å². The summed E-state index contributed by atoms with van der Waals surface area (Å²) in [5.41, 5.74) is 2.13. The van der Waals surface area contributed by atoms with Gasteiger partial charge in [-0.05, 0) is 43.6 Å². The van der Waals surface area contributed by atoms with E-state index in [4.69, 9.17) is 0 Å². The number of likely N-dealkylation sites (N-methyl/N-ethyl adjacent to an activating group) is 1. The van der Waals surface area contributed by atoms with Crippen LogP contribution in [0.15, 0.2) is 30.4 Å². The van der Waals surface area contributed by atoms with E-state index in [9.17, 15) is 0 Å². The Morgan fingerprint density at radius 2 is 2.00 bits per heavy atom. The molecule has 0 atom stereocenters. The van der Waals surface area contributed by atoms with Gasteiger partial charge in [0.05, 0.1) is 5.69 Å². The summed E-state index contributed by atoms with van der Waals surface area (Å²) in [6.45, 7) is 8.47. The van der Waals surface area contributed by atoms with Gasteiger partial charge in [-0.3, -0.25) is 0 Å². The number of nitrogens with one attached hydrogen (secondary N) is 1. The lowest BCUT2D eigenvalue weighted by Crippen LogP contribution is -2.28. The molecule has 0 unspecified atom stereocenters. The van der Waals surface area contributed by atoms with Gasteiger partial charge in [0, 0.05) is 13.1 Å². The first-order valence-electron chi connectivity index (χ1n) is 7.50. The van der Waals surface area contributed by atoms with Crippen LogP contribution in [0.1, 0.15) is 32.4 Å². The molecule has 0 saturated carbocycles. The first kappa shape index (κ1) is 14.7. The van der Waals surface area contributed by atoms with E-state index in [0.717, 1.165) is 50.5 Å². The highest BCUT2D eigenvalue weighted by Crippen LogP contribution is 2.19. The lowest BCUT2D eigenvalue weighted by Gasteiger charge is -2.18. The Bertz CT molecular complexity index is 458. The number of rotatable bonds is 7. The van der Waals surface area contributed by atoms with Crippen molar-refractivity contribution in [3.63, 3.8) is 0 Å². The van der Waals surface area contributed by atoms with Crippen molar-refractivity contribution in [2.75, 3.05) is 31.5 Å². The Labute approximate surface area is 121 Å². The van der Waals surface area contributed by atoms with Crippen molar-refractivity contribution in [1.82, 2.24) is 15.1 Å². The van der Waals surface area contributed by atoms with E-state index in [-0.39, 0.29) is 0 Å². The van der Waals surface area contributed by atoms with Crippen molar-refractivity contribution in [3.8, 4) is 0 Å². The summed E-state index contributed by atoms with van der Waals surface area (Å²) in [7, 11) is 0. The van der Waals surface area contributed by atoms with Crippen molar-refractivity contribution in [1.29, 1.82) is 0 Å². The largest absolute Gasteiger partial charge is 0.367 e. The highest BCUT2D eigenvalue weighted by atomic mass is 15.2. The van der Waals surface area contributed by atoms with Gasteiger partial charge >= 0.3 is 0 Å². The predicted molar refractivity (Wildman–Crippen MR) is 84.7 cm³/mol. The van der Waals surface area contributed by atoms with Crippen molar-refractivity contribution in [2.24, 2.45) is 0 Å². The summed E-state index contributed by atoms with van der Waals surface area (Å²) >= 11 is 0. The van der Waals surface area contributed by atoms with Crippen LogP contribution in [0.4, 0.5) is 5.82 Å².